The maximum Gasteiger partial charge on any atom is 1.00 e. The number of hydrogen-bond donors (Lipinski definition) is 0. The molecule has 0 amide bonds. The van der Waals surface area contributed by atoms with Crippen LogP contribution in [-0.2, 0) is 0 Å². The summed E-state index contributed by atoms with van der Waals surface area (Å²) in [6, 6.07) is 8.25. The number of aryl methyl sites for hydroxylation is 2. The summed E-state index contributed by atoms with van der Waals surface area (Å²) < 4.78 is 0. The Labute approximate surface area is 156 Å². The van der Waals surface area contributed by atoms with E-state index >= 15 is 0 Å². The van der Waals surface area contributed by atoms with Gasteiger partial charge in [-0.3, -0.25) is 0 Å². The number of aromatic nitrogens is 1. The number of carboxylic acid groups (broad SMARTS) is 1. The van der Waals surface area contributed by atoms with Gasteiger partial charge in [0.1, 0.15) is 5.01 Å². The third-order valence-corrected chi connectivity index (χ3v) is 6.37. The minimum Gasteiger partial charge on any atom is -0.544 e. The van der Waals surface area contributed by atoms with E-state index in [1.54, 1.807) is 29.6 Å². The molecule has 0 N–H and O–H groups in total. The van der Waals surface area contributed by atoms with Gasteiger partial charge in [0.05, 0.1) is 21.4 Å². The molecule has 3 aromatic heterocycles. The van der Waals surface area contributed by atoms with Gasteiger partial charge < -0.3 is 9.90 Å². The Kier molecular flexibility index (Phi) is 5.40. The van der Waals surface area contributed by atoms with Crippen molar-refractivity contribution in [3.8, 4) is 19.6 Å². The maximum atomic E-state index is 11.0. The molecule has 0 aromatic carbocycles. The monoisotopic (exact) mass is 343 g/mol. The molecule has 3 nitrogen and oxygen atoms in total. The Hall–Kier alpha value is -0.500. The number of aromatic carboxylic acids is 1. The van der Waals surface area contributed by atoms with E-state index in [-0.39, 0.29) is 34.4 Å². The van der Waals surface area contributed by atoms with Gasteiger partial charge in [0.2, 0.25) is 0 Å². The third kappa shape index (κ3) is 3.47. The minimum absolute atomic E-state index is 0. The number of thiazole rings is 1. The molecule has 21 heavy (non-hydrogen) atoms. The van der Waals surface area contributed by atoms with E-state index in [2.05, 4.69) is 30.1 Å². The molecule has 0 saturated heterocycles. The van der Waals surface area contributed by atoms with Crippen LogP contribution in [-0.4, -0.2) is 11.0 Å². The SMILES string of the molecule is Cc1ccc(-c2ccc(-c3nc(C)c(C(=O)[O-])s3)s2)s1.[Na+]. The van der Waals surface area contributed by atoms with Crippen LogP contribution in [0.25, 0.3) is 19.6 Å². The summed E-state index contributed by atoms with van der Waals surface area (Å²) in [6.07, 6.45) is 0. The van der Waals surface area contributed by atoms with E-state index in [9.17, 15) is 9.90 Å². The Balaban J connectivity index is 0.00000161. The molecule has 3 heterocycles. The summed E-state index contributed by atoms with van der Waals surface area (Å²) in [5.41, 5.74) is 0.520. The molecule has 0 atom stereocenters. The first-order chi connectivity index (χ1) is 9.54. The van der Waals surface area contributed by atoms with Crippen molar-refractivity contribution in [2.45, 2.75) is 13.8 Å². The van der Waals surface area contributed by atoms with Gasteiger partial charge in [0.25, 0.3) is 0 Å². The van der Waals surface area contributed by atoms with Crippen LogP contribution in [0, 0.1) is 13.8 Å². The second-order valence-corrected chi connectivity index (χ2v) is 7.67. The quantitative estimate of drug-likeness (QED) is 0.654. The number of thiophene rings is 2. The number of rotatable bonds is 3. The number of nitrogens with zero attached hydrogens (tertiary/aromatic N) is 1. The summed E-state index contributed by atoms with van der Waals surface area (Å²) in [7, 11) is 0. The molecule has 7 heteroatoms. The van der Waals surface area contributed by atoms with E-state index in [0.29, 0.717) is 5.69 Å². The van der Waals surface area contributed by atoms with Gasteiger partial charge in [-0.2, -0.15) is 0 Å². The maximum absolute atomic E-state index is 11.0. The number of carbonyl (C=O) groups excluding carboxylic acids is 1. The smallest absolute Gasteiger partial charge is 0.544 e. The molecule has 0 aliphatic carbocycles. The summed E-state index contributed by atoms with van der Waals surface area (Å²) in [5.74, 6) is -1.16. The average molecular weight is 343 g/mol. The molecule has 0 bridgehead atoms. The van der Waals surface area contributed by atoms with E-state index in [1.165, 1.54) is 26.0 Å². The fourth-order valence-corrected chi connectivity index (χ4v) is 4.76. The Morgan fingerprint density at radius 2 is 1.62 bits per heavy atom. The molecule has 102 valence electrons. The van der Waals surface area contributed by atoms with Gasteiger partial charge >= 0.3 is 29.6 Å². The van der Waals surface area contributed by atoms with Crippen LogP contribution in [0.5, 0.6) is 0 Å². The first-order valence-electron chi connectivity index (χ1n) is 5.90. The van der Waals surface area contributed by atoms with Gasteiger partial charge in [-0.05, 0) is 38.1 Å². The first-order valence-corrected chi connectivity index (χ1v) is 8.35. The van der Waals surface area contributed by atoms with Crippen LogP contribution >= 0.6 is 34.0 Å². The molecule has 0 unspecified atom stereocenters. The molecular weight excluding hydrogens is 333 g/mol. The van der Waals surface area contributed by atoms with Crippen molar-refractivity contribution in [2.24, 2.45) is 0 Å². The van der Waals surface area contributed by atoms with Gasteiger partial charge in [-0.25, -0.2) is 4.98 Å². The van der Waals surface area contributed by atoms with Crippen LogP contribution in [0.15, 0.2) is 24.3 Å². The standard InChI is InChI=1S/C14H11NO2S3.Na/c1-7-3-4-9(18-7)10-5-6-11(19-10)13-15-8(2)12(20-13)14(16)17;/h3-6H,1-2H3,(H,16,17);/q;+1/p-1. The van der Waals surface area contributed by atoms with Crippen molar-refractivity contribution in [1.82, 2.24) is 4.98 Å². The predicted molar refractivity (Wildman–Crippen MR) is 82.5 cm³/mol. The van der Waals surface area contributed by atoms with Crippen molar-refractivity contribution in [2.75, 3.05) is 0 Å². The molecule has 0 saturated carbocycles. The van der Waals surface area contributed by atoms with Crippen LogP contribution in [0.1, 0.15) is 20.2 Å². The summed E-state index contributed by atoms with van der Waals surface area (Å²) in [4.78, 5) is 20.2. The zero-order valence-corrected chi connectivity index (χ0v) is 16.2. The molecule has 0 aliphatic heterocycles. The zero-order chi connectivity index (χ0) is 14.3. The van der Waals surface area contributed by atoms with E-state index in [0.717, 1.165) is 9.88 Å². The minimum atomic E-state index is -1.16. The Morgan fingerprint density at radius 1 is 1.00 bits per heavy atom. The first kappa shape index (κ1) is 16.9. The molecule has 3 rings (SSSR count). The normalized spacial score (nSPS) is 10.4. The van der Waals surface area contributed by atoms with Crippen molar-refractivity contribution in [3.63, 3.8) is 0 Å². The fraction of sp³-hybridized carbons (Fsp3) is 0.143. The van der Waals surface area contributed by atoms with Crippen LogP contribution in [0.2, 0.25) is 0 Å². The second-order valence-electron chi connectivity index (χ2n) is 4.30. The number of carboxylic acids is 1. The molecule has 0 spiro atoms. The van der Waals surface area contributed by atoms with Crippen molar-refractivity contribution in [1.29, 1.82) is 0 Å². The molecule has 0 aliphatic rings. The molecular formula is C14H10NNaO2S3. The Bertz CT molecular complexity index is 788. The van der Waals surface area contributed by atoms with Crippen LogP contribution in [0.4, 0.5) is 0 Å². The molecule has 0 fully saturated rings. The van der Waals surface area contributed by atoms with Crippen molar-refractivity contribution < 1.29 is 39.5 Å². The van der Waals surface area contributed by atoms with Gasteiger partial charge in [-0.15, -0.1) is 34.0 Å². The second kappa shape index (κ2) is 6.73. The van der Waals surface area contributed by atoms with Crippen LogP contribution < -0.4 is 34.7 Å². The van der Waals surface area contributed by atoms with Gasteiger partial charge in [0, 0.05) is 14.6 Å². The largest absolute Gasteiger partial charge is 1.00 e. The van der Waals surface area contributed by atoms with Gasteiger partial charge in [0.15, 0.2) is 0 Å². The number of hydrogen-bond acceptors (Lipinski definition) is 6. The number of carbonyl (C=O) groups is 1. The Morgan fingerprint density at radius 3 is 2.19 bits per heavy atom. The fourth-order valence-electron chi connectivity index (χ4n) is 1.84. The van der Waals surface area contributed by atoms with E-state index in [4.69, 9.17) is 0 Å². The topological polar surface area (TPSA) is 53.0 Å². The molecule has 3 aromatic rings. The van der Waals surface area contributed by atoms with E-state index in [1.807, 2.05) is 6.07 Å². The van der Waals surface area contributed by atoms with Crippen molar-refractivity contribution in [3.05, 3.63) is 39.7 Å². The average Bonchev–Trinajstić information content (AvgIpc) is 3.06. The molecule has 0 radical (unpaired) electrons. The van der Waals surface area contributed by atoms with Crippen molar-refractivity contribution >= 4 is 40.0 Å². The van der Waals surface area contributed by atoms with E-state index < -0.39 is 5.97 Å². The summed E-state index contributed by atoms with van der Waals surface area (Å²) >= 11 is 4.56. The predicted octanol–water partition coefficient (Wildman–Crippen LogP) is 0.584. The third-order valence-electron chi connectivity index (χ3n) is 2.78. The summed E-state index contributed by atoms with van der Waals surface area (Å²) in [5, 5.41) is 11.7. The van der Waals surface area contributed by atoms with Crippen LogP contribution in [0.3, 0.4) is 0 Å². The van der Waals surface area contributed by atoms with Gasteiger partial charge in [-0.1, -0.05) is 0 Å². The zero-order valence-electron chi connectivity index (χ0n) is 11.8. The summed E-state index contributed by atoms with van der Waals surface area (Å²) in [6.45, 7) is 3.78.